The monoisotopic (exact) mass is 276 g/mol. The summed E-state index contributed by atoms with van der Waals surface area (Å²) in [6.45, 7) is 0. The SMILES string of the molecule is Nc1ccc(SCC(=O)NC(=O)c2ccc[nH]2)nc1. The van der Waals surface area contributed by atoms with Crippen LogP contribution in [-0.2, 0) is 4.79 Å². The number of nitrogens with two attached hydrogens (primary N) is 1. The summed E-state index contributed by atoms with van der Waals surface area (Å²) in [7, 11) is 0. The number of anilines is 1. The minimum Gasteiger partial charge on any atom is -0.397 e. The number of nitrogens with zero attached hydrogens (tertiary/aromatic N) is 1. The van der Waals surface area contributed by atoms with Crippen LogP contribution in [0.5, 0.6) is 0 Å². The molecule has 19 heavy (non-hydrogen) atoms. The normalized spacial score (nSPS) is 10.1. The highest BCUT2D eigenvalue weighted by atomic mass is 32.2. The maximum absolute atomic E-state index is 11.6. The Morgan fingerprint density at radius 2 is 2.21 bits per heavy atom. The lowest BCUT2D eigenvalue weighted by Crippen LogP contribution is -2.32. The first-order valence-corrected chi connectivity index (χ1v) is 6.45. The van der Waals surface area contributed by atoms with Crippen molar-refractivity contribution in [2.45, 2.75) is 5.03 Å². The van der Waals surface area contributed by atoms with Crippen molar-refractivity contribution >= 4 is 29.3 Å². The predicted molar refractivity (Wildman–Crippen MR) is 72.6 cm³/mol. The molecule has 0 saturated heterocycles. The number of rotatable bonds is 4. The molecule has 2 aromatic rings. The van der Waals surface area contributed by atoms with E-state index in [1.165, 1.54) is 18.0 Å². The Balaban J connectivity index is 1.82. The summed E-state index contributed by atoms with van der Waals surface area (Å²) in [5.74, 6) is -0.701. The summed E-state index contributed by atoms with van der Waals surface area (Å²) in [5.41, 5.74) is 6.42. The molecule has 0 unspecified atom stereocenters. The van der Waals surface area contributed by atoms with Crippen LogP contribution in [0.2, 0.25) is 0 Å². The summed E-state index contributed by atoms with van der Waals surface area (Å²) >= 11 is 1.24. The van der Waals surface area contributed by atoms with Crippen molar-refractivity contribution in [2.24, 2.45) is 0 Å². The number of amides is 2. The van der Waals surface area contributed by atoms with Gasteiger partial charge < -0.3 is 10.7 Å². The smallest absolute Gasteiger partial charge is 0.274 e. The van der Waals surface area contributed by atoms with Gasteiger partial charge in [0.1, 0.15) is 5.69 Å². The van der Waals surface area contributed by atoms with Gasteiger partial charge in [0.15, 0.2) is 0 Å². The fourth-order valence-electron chi connectivity index (χ4n) is 1.32. The lowest BCUT2D eigenvalue weighted by atomic mass is 10.4. The molecule has 0 bridgehead atoms. The number of nitrogens with one attached hydrogen (secondary N) is 2. The Hall–Kier alpha value is -2.28. The zero-order valence-corrected chi connectivity index (χ0v) is 10.7. The van der Waals surface area contributed by atoms with Gasteiger partial charge in [-0.05, 0) is 24.3 Å². The van der Waals surface area contributed by atoms with E-state index < -0.39 is 5.91 Å². The third-order valence-electron chi connectivity index (χ3n) is 2.21. The molecule has 6 nitrogen and oxygen atoms in total. The van der Waals surface area contributed by atoms with Gasteiger partial charge in [-0.15, -0.1) is 0 Å². The van der Waals surface area contributed by atoms with Gasteiger partial charge in [0.05, 0.1) is 22.7 Å². The predicted octanol–water partition coefficient (Wildman–Crippen LogP) is 1.04. The summed E-state index contributed by atoms with van der Waals surface area (Å²) in [5, 5.41) is 2.96. The number of pyridine rings is 1. The molecule has 2 aromatic heterocycles. The number of thioether (sulfide) groups is 1. The Bertz CT molecular complexity index is 566. The average molecular weight is 276 g/mol. The highest BCUT2D eigenvalue weighted by Gasteiger charge is 2.11. The molecule has 0 aliphatic rings. The first kappa shape index (κ1) is 13.2. The number of H-pyrrole nitrogens is 1. The van der Waals surface area contributed by atoms with E-state index in [9.17, 15) is 9.59 Å². The van der Waals surface area contributed by atoms with Gasteiger partial charge in [-0.3, -0.25) is 14.9 Å². The lowest BCUT2D eigenvalue weighted by Gasteiger charge is -2.02. The standard InChI is InChI=1S/C12H12N4O2S/c13-8-3-4-11(15-6-8)19-7-10(17)16-12(18)9-2-1-5-14-9/h1-6,14H,7,13H2,(H,16,17,18). The topological polar surface area (TPSA) is 101 Å². The number of carbonyl (C=O) groups excluding carboxylic acids is 2. The van der Waals surface area contributed by atoms with E-state index in [4.69, 9.17) is 5.73 Å². The summed E-state index contributed by atoms with van der Waals surface area (Å²) in [6, 6.07) is 6.71. The molecule has 0 spiro atoms. The molecule has 0 saturated carbocycles. The van der Waals surface area contributed by atoms with Gasteiger partial charge in [0.25, 0.3) is 5.91 Å². The molecule has 2 amide bonds. The maximum atomic E-state index is 11.6. The average Bonchev–Trinajstić information content (AvgIpc) is 2.92. The van der Waals surface area contributed by atoms with Crippen molar-refractivity contribution in [3.05, 3.63) is 42.4 Å². The Morgan fingerprint density at radius 3 is 2.84 bits per heavy atom. The number of carbonyl (C=O) groups is 2. The second-order valence-corrected chi connectivity index (χ2v) is 4.68. The number of aromatic amines is 1. The molecule has 7 heteroatoms. The van der Waals surface area contributed by atoms with Crippen LogP contribution in [0.3, 0.4) is 0 Å². The van der Waals surface area contributed by atoms with E-state index in [1.807, 2.05) is 0 Å². The third-order valence-corrected chi connectivity index (χ3v) is 3.15. The first-order valence-electron chi connectivity index (χ1n) is 5.47. The summed E-state index contributed by atoms with van der Waals surface area (Å²) in [4.78, 5) is 29.9. The number of hydrogen-bond acceptors (Lipinski definition) is 5. The van der Waals surface area contributed by atoms with Crippen LogP contribution < -0.4 is 11.1 Å². The maximum Gasteiger partial charge on any atom is 0.274 e. The third kappa shape index (κ3) is 3.85. The molecule has 0 fully saturated rings. The van der Waals surface area contributed by atoms with Crippen molar-refractivity contribution in [3.63, 3.8) is 0 Å². The molecular formula is C12H12N4O2S. The van der Waals surface area contributed by atoms with Crippen LogP contribution in [0.1, 0.15) is 10.5 Å². The Kier molecular flexibility index (Phi) is 4.19. The molecule has 98 valence electrons. The van der Waals surface area contributed by atoms with Crippen molar-refractivity contribution in [3.8, 4) is 0 Å². The lowest BCUT2D eigenvalue weighted by molar-refractivity contribution is -0.117. The van der Waals surface area contributed by atoms with Gasteiger partial charge in [0.2, 0.25) is 5.91 Å². The Morgan fingerprint density at radius 1 is 1.37 bits per heavy atom. The van der Waals surface area contributed by atoms with E-state index >= 15 is 0 Å². The Labute approximate surface area is 113 Å². The molecule has 0 aliphatic carbocycles. The highest BCUT2D eigenvalue weighted by Crippen LogP contribution is 2.15. The summed E-state index contributed by atoms with van der Waals surface area (Å²) < 4.78 is 0. The summed E-state index contributed by atoms with van der Waals surface area (Å²) in [6.07, 6.45) is 3.14. The fourth-order valence-corrected chi connectivity index (χ4v) is 1.96. The van der Waals surface area contributed by atoms with Crippen LogP contribution in [0.25, 0.3) is 0 Å². The quantitative estimate of drug-likeness (QED) is 0.724. The minimum atomic E-state index is -0.444. The van der Waals surface area contributed by atoms with Crippen molar-refractivity contribution in [2.75, 3.05) is 11.5 Å². The number of imide groups is 1. The van der Waals surface area contributed by atoms with Crippen LogP contribution in [-0.4, -0.2) is 27.5 Å². The zero-order chi connectivity index (χ0) is 13.7. The molecule has 0 radical (unpaired) electrons. The fraction of sp³-hybridized carbons (Fsp3) is 0.0833. The molecule has 2 heterocycles. The van der Waals surface area contributed by atoms with Gasteiger partial charge in [-0.2, -0.15) is 0 Å². The van der Waals surface area contributed by atoms with E-state index in [-0.39, 0.29) is 11.7 Å². The number of hydrogen-bond donors (Lipinski definition) is 3. The van der Waals surface area contributed by atoms with Crippen LogP contribution in [0.4, 0.5) is 5.69 Å². The second kappa shape index (κ2) is 6.05. The van der Waals surface area contributed by atoms with Gasteiger partial charge in [-0.1, -0.05) is 11.8 Å². The van der Waals surface area contributed by atoms with Crippen LogP contribution >= 0.6 is 11.8 Å². The largest absolute Gasteiger partial charge is 0.397 e. The van der Waals surface area contributed by atoms with E-state index in [1.54, 1.807) is 30.5 Å². The van der Waals surface area contributed by atoms with Crippen molar-refractivity contribution in [1.82, 2.24) is 15.3 Å². The van der Waals surface area contributed by atoms with Gasteiger partial charge in [-0.25, -0.2) is 4.98 Å². The van der Waals surface area contributed by atoms with E-state index in [0.717, 1.165) is 0 Å². The van der Waals surface area contributed by atoms with Crippen LogP contribution in [0, 0.1) is 0 Å². The molecule has 4 N–H and O–H groups in total. The number of nitrogen functional groups attached to an aromatic ring is 1. The van der Waals surface area contributed by atoms with Gasteiger partial charge >= 0.3 is 0 Å². The first-order chi connectivity index (χ1) is 9.15. The second-order valence-electron chi connectivity index (χ2n) is 3.68. The van der Waals surface area contributed by atoms with Gasteiger partial charge in [0, 0.05) is 6.20 Å². The highest BCUT2D eigenvalue weighted by molar-refractivity contribution is 7.99. The van der Waals surface area contributed by atoms with E-state index in [0.29, 0.717) is 16.4 Å². The molecular weight excluding hydrogens is 264 g/mol. The van der Waals surface area contributed by atoms with Crippen molar-refractivity contribution < 1.29 is 9.59 Å². The molecule has 0 aromatic carbocycles. The van der Waals surface area contributed by atoms with Crippen LogP contribution in [0.15, 0.2) is 41.7 Å². The molecule has 0 atom stereocenters. The minimum absolute atomic E-state index is 0.114. The molecule has 2 rings (SSSR count). The zero-order valence-electron chi connectivity index (χ0n) is 9.92. The van der Waals surface area contributed by atoms with Crippen molar-refractivity contribution in [1.29, 1.82) is 0 Å². The molecule has 0 aliphatic heterocycles. The number of aromatic nitrogens is 2. The van der Waals surface area contributed by atoms with E-state index in [2.05, 4.69) is 15.3 Å².